The van der Waals surface area contributed by atoms with Crippen LogP contribution in [-0.4, -0.2) is 9.55 Å². The highest BCUT2D eigenvalue weighted by atomic mass is 15.1. The molecule has 0 N–H and O–H groups in total. The molecule has 3 nitrogen and oxygen atoms in total. The third-order valence-corrected chi connectivity index (χ3v) is 3.16. The molecule has 78 valence electrons. The summed E-state index contributed by atoms with van der Waals surface area (Å²) in [5.41, 5.74) is 3.22. The summed E-state index contributed by atoms with van der Waals surface area (Å²) >= 11 is 0. The Morgan fingerprint density at radius 1 is 1.44 bits per heavy atom. The number of rotatable bonds is 1. The van der Waals surface area contributed by atoms with E-state index in [-0.39, 0.29) is 0 Å². The van der Waals surface area contributed by atoms with Crippen molar-refractivity contribution in [3.63, 3.8) is 0 Å². The first-order valence-electron chi connectivity index (χ1n) is 5.39. The zero-order valence-corrected chi connectivity index (χ0v) is 8.80. The highest BCUT2D eigenvalue weighted by molar-refractivity contribution is 5.35. The predicted octanol–water partition coefficient (Wildman–Crippen LogP) is 2.29. The maximum Gasteiger partial charge on any atom is 0.0991 e. The predicted molar refractivity (Wildman–Crippen MR) is 59.8 cm³/mol. The van der Waals surface area contributed by atoms with Gasteiger partial charge < -0.3 is 4.57 Å². The average Bonchev–Trinajstić information content (AvgIpc) is 2.90. The first-order valence-corrected chi connectivity index (χ1v) is 5.39. The third kappa shape index (κ3) is 1.31. The van der Waals surface area contributed by atoms with Gasteiger partial charge in [-0.1, -0.05) is 12.1 Å². The second-order valence-corrected chi connectivity index (χ2v) is 4.08. The van der Waals surface area contributed by atoms with Crippen molar-refractivity contribution in [2.45, 2.75) is 18.9 Å². The van der Waals surface area contributed by atoms with Gasteiger partial charge in [0.1, 0.15) is 0 Å². The third-order valence-electron chi connectivity index (χ3n) is 3.16. The van der Waals surface area contributed by atoms with E-state index in [1.54, 1.807) is 0 Å². The number of imidazole rings is 1. The molecule has 1 aromatic heterocycles. The molecule has 1 aliphatic rings. The smallest absolute Gasteiger partial charge is 0.0991 e. The number of nitrogens with zero attached hydrogens (tertiary/aromatic N) is 3. The lowest BCUT2D eigenvalue weighted by molar-refractivity contribution is 0.615. The fourth-order valence-electron chi connectivity index (χ4n) is 2.37. The highest BCUT2D eigenvalue weighted by Gasteiger charge is 2.22. The Hall–Kier alpha value is -2.08. The molecule has 1 atom stereocenters. The van der Waals surface area contributed by atoms with Crippen molar-refractivity contribution < 1.29 is 0 Å². The van der Waals surface area contributed by atoms with E-state index in [1.165, 1.54) is 11.3 Å². The van der Waals surface area contributed by atoms with Gasteiger partial charge in [-0.15, -0.1) is 0 Å². The molecule has 0 bridgehead atoms. The average molecular weight is 209 g/mol. The molecule has 0 unspecified atom stereocenters. The van der Waals surface area contributed by atoms with Crippen molar-refractivity contribution in [2.24, 2.45) is 0 Å². The van der Waals surface area contributed by atoms with Crippen LogP contribution in [0.25, 0.3) is 0 Å². The van der Waals surface area contributed by atoms with Gasteiger partial charge in [-0.25, -0.2) is 4.98 Å². The summed E-state index contributed by atoms with van der Waals surface area (Å²) in [6.07, 6.45) is 5.98. The van der Waals surface area contributed by atoms with Crippen molar-refractivity contribution in [2.75, 3.05) is 0 Å². The van der Waals surface area contributed by atoms with Gasteiger partial charge in [0.15, 0.2) is 0 Å². The number of hydrogen-bond acceptors (Lipinski definition) is 2. The van der Waals surface area contributed by atoms with Crippen molar-refractivity contribution in [1.29, 1.82) is 5.26 Å². The Balaban J connectivity index is 2.03. The van der Waals surface area contributed by atoms with Crippen LogP contribution < -0.4 is 0 Å². The minimum atomic E-state index is 0.353. The molecule has 16 heavy (non-hydrogen) atoms. The molecule has 1 aromatic carbocycles. The van der Waals surface area contributed by atoms with Gasteiger partial charge in [-0.2, -0.15) is 5.26 Å². The molecule has 0 amide bonds. The van der Waals surface area contributed by atoms with Gasteiger partial charge >= 0.3 is 0 Å². The molecule has 0 spiro atoms. The molecule has 0 saturated carbocycles. The lowest BCUT2D eigenvalue weighted by Crippen LogP contribution is -2.04. The lowest BCUT2D eigenvalue weighted by Gasteiger charge is -2.13. The molecule has 3 rings (SSSR count). The summed E-state index contributed by atoms with van der Waals surface area (Å²) in [5, 5.41) is 8.89. The van der Waals surface area contributed by atoms with Crippen molar-refractivity contribution in [3.8, 4) is 6.07 Å². The van der Waals surface area contributed by atoms with Crippen molar-refractivity contribution >= 4 is 0 Å². The van der Waals surface area contributed by atoms with Crippen molar-refractivity contribution in [1.82, 2.24) is 9.55 Å². The highest BCUT2D eigenvalue weighted by Crippen LogP contribution is 2.31. The standard InChI is InChI=1S/C13H11N3/c14-7-10-2-1-3-11(6-10)13-5-4-12-8-15-9-16(12)13/h1-3,6,8-9,13H,4-5H2/t13-/m0/s1. The second kappa shape index (κ2) is 3.49. The van der Waals surface area contributed by atoms with Crippen LogP contribution in [0.15, 0.2) is 36.8 Å². The Labute approximate surface area is 94.0 Å². The number of hydrogen-bond donors (Lipinski definition) is 0. The fraction of sp³-hybridized carbons (Fsp3) is 0.231. The van der Waals surface area contributed by atoms with Gasteiger partial charge in [0.2, 0.25) is 0 Å². The van der Waals surface area contributed by atoms with Crippen LogP contribution in [0.2, 0.25) is 0 Å². The minimum Gasteiger partial charge on any atom is -0.327 e. The van der Waals surface area contributed by atoms with Gasteiger partial charge in [-0.05, 0) is 30.5 Å². The molecule has 1 aliphatic heterocycles. The van der Waals surface area contributed by atoms with E-state index in [0.717, 1.165) is 18.4 Å². The summed E-state index contributed by atoms with van der Waals surface area (Å²) in [6.45, 7) is 0. The molecular weight excluding hydrogens is 198 g/mol. The monoisotopic (exact) mass is 209 g/mol. The van der Waals surface area contributed by atoms with Crippen LogP contribution >= 0.6 is 0 Å². The first kappa shape index (κ1) is 9.17. The lowest BCUT2D eigenvalue weighted by atomic mass is 10.0. The summed E-state index contributed by atoms with van der Waals surface area (Å²) in [6, 6.07) is 10.4. The number of nitriles is 1. The van der Waals surface area contributed by atoms with E-state index < -0.39 is 0 Å². The van der Waals surface area contributed by atoms with E-state index in [0.29, 0.717) is 6.04 Å². The zero-order valence-electron chi connectivity index (χ0n) is 8.80. The van der Waals surface area contributed by atoms with Crippen LogP contribution in [0.1, 0.15) is 29.3 Å². The molecule has 2 heterocycles. The van der Waals surface area contributed by atoms with Crippen LogP contribution in [0, 0.1) is 11.3 Å². The quantitative estimate of drug-likeness (QED) is 0.723. The number of aromatic nitrogens is 2. The molecule has 2 aromatic rings. The van der Waals surface area contributed by atoms with E-state index >= 15 is 0 Å². The Kier molecular flexibility index (Phi) is 2.00. The summed E-state index contributed by atoms with van der Waals surface area (Å²) in [4.78, 5) is 4.16. The van der Waals surface area contributed by atoms with Gasteiger partial charge in [0.05, 0.1) is 24.0 Å². The molecule has 0 saturated heterocycles. The zero-order chi connectivity index (χ0) is 11.0. The topological polar surface area (TPSA) is 41.6 Å². The number of benzene rings is 1. The Morgan fingerprint density at radius 3 is 3.25 bits per heavy atom. The normalized spacial score (nSPS) is 18.1. The molecular formula is C13H11N3. The van der Waals surface area contributed by atoms with E-state index in [2.05, 4.69) is 21.7 Å². The van der Waals surface area contributed by atoms with Crippen molar-refractivity contribution in [3.05, 3.63) is 53.6 Å². The van der Waals surface area contributed by atoms with Crippen LogP contribution in [0.5, 0.6) is 0 Å². The Bertz CT molecular complexity index is 563. The maximum atomic E-state index is 8.89. The molecule has 0 radical (unpaired) electrons. The van der Waals surface area contributed by atoms with Gasteiger partial charge in [0, 0.05) is 11.9 Å². The number of aryl methyl sites for hydroxylation is 1. The van der Waals surface area contributed by atoms with Crippen LogP contribution in [0.3, 0.4) is 0 Å². The fourth-order valence-corrected chi connectivity index (χ4v) is 2.37. The minimum absolute atomic E-state index is 0.353. The van der Waals surface area contributed by atoms with Gasteiger partial charge in [0.25, 0.3) is 0 Å². The largest absolute Gasteiger partial charge is 0.327 e. The molecule has 0 aliphatic carbocycles. The van der Waals surface area contributed by atoms with E-state index in [9.17, 15) is 0 Å². The van der Waals surface area contributed by atoms with Crippen LogP contribution in [0.4, 0.5) is 0 Å². The first-order chi connectivity index (χ1) is 7.88. The molecule has 3 heteroatoms. The Morgan fingerprint density at radius 2 is 2.38 bits per heavy atom. The van der Waals surface area contributed by atoms with Crippen LogP contribution in [-0.2, 0) is 6.42 Å². The SMILES string of the molecule is N#Cc1cccc([C@@H]2CCc3cncn32)c1. The molecule has 0 fully saturated rings. The number of fused-ring (bicyclic) bond motifs is 1. The van der Waals surface area contributed by atoms with Gasteiger partial charge in [-0.3, -0.25) is 0 Å². The summed E-state index contributed by atoms with van der Waals surface area (Å²) < 4.78 is 2.20. The summed E-state index contributed by atoms with van der Waals surface area (Å²) in [5.74, 6) is 0. The second-order valence-electron chi connectivity index (χ2n) is 4.08. The summed E-state index contributed by atoms with van der Waals surface area (Å²) in [7, 11) is 0. The maximum absolute atomic E-state index is 8.89. The van der Waals surface area contributed by atoms with E-state index in [1.807, 2.05) is 30.7 Å². The van der Waals surface area contributed by atoms with E-state index in [4.69, 9.17) is 5.26 Å².